The van der Waals surface area contributed by atoms with Crippen molar-refractivity contribution >= 4 is 39.1 Å². The van der Waals surface area contributed by atoms with E-state index in [0.717, 1.165) is 4.47 Å². The summed E-state index contributed by atoms with van der Waals surface area (Å²) in [5, 5.41) is 6.69. The highest BCUT2D eigenvalue weighted by atomic mass is 79.9. The zero-order valence-corrected chi connectivity index (χ0v) is 14.0. The van der Waals surface area contributed by atoms with Crippen molar-refractivity contribution in [2.24, 2.45) is 5.10 Å². The largest absolute Gasteiger partial charge is 0.325 e. The second-order valence-electron chi connectivity index (χ2n) is 4.73. The van der Waals surface area contributed by atoms with E-state index in [1.807, 2.05) is 18.2 Å². The van der Waals surface area contributed by atoms with Gasteiger partial charge in [0, 0.05) is 22.6 Å². The number of hydrazone groups is 1. The summed E-state index contributed by atoms with van der Waals surface area (Å²) in [5.41, 5.74) is 3.98. The van der Waals surface area contributed by atoms with Gasteiger partial charge in [-0.1, -0.05) is 12.1 Å². The third kappa shape index (κ3) is 5.30. The minimum atomic E-state index is -0.372. The van der Waals surface area contributed by atoms with Crippen molar-refractivity contribution in [2.75, 3.05) is 5.32 Å². The predicted octanol–water partition coefficient (Wildman–Crippen LogP) is 2.98. The summed E-state index contributed by atoms with van der Waals surface area (Å²) in [6.45, 7) is 1.67. The summed E-state index contributed by atoms with van der Waals surface area (Å²) >= 11 is 3.36. The van der Waals surface area contributed by atoms with Gasteiger partial charge >= 0.3 is 0 Å². The van der Waals surface area contributed by atoms with Gasteiger partial charge in [0.1, 0.15) is 0 Å². The Balaban J connectivity index is 1.88. The number of carbonyl (C=O) groups excluding carboxylic acids is 2. The van der Waals surface area contributed by atoms with Crippen LogP contribution >= 0.6 is 15.9 Å². The third-order valence-corrected chi connectivity index (χ3v) is 3.53. The van der Waals surface area contributed by atoms with Crippen LogP contribution < -0.4 is 10.7 Å². The summed E-state index contributed by atoms with van der Waals surface area (Å²) in [5.74, 6) is -0.586. The highest BCUT2D eigenvalue weighted by Crippen LogP contribution is 2.21. The number of amides is 2. The second-order valence-corrected chi connectivity index (χ2v) is 5.59. The van der Waals surface area contributed by atoms with E-state index in [-0.39, 0.29) is 18.2 Å². The zero-order valence-electron chi connectivity index (χ0n) is 12.4. The third-order valence-electron chi connectivity index (χ3n) is 2.84. The van der Waals surface area contributed by atoms with Gasteiger partial charge in [-0.2, -0.15) is 5.10 Å². The van der Waals surface area contributed by atoms with E-state index in [4.69, 9.17) is 0 Å². The first-order valence-corrected chi connectivity index (χ1v) is 7.63. The molecular formula is C16H15BrN4O2. The van der Waals surface area contributed by atoms with Crippen molar-refractivity contribution in [1.82, 2.24) is 10.4 Å². The molecule has 0 unspecified atom stereocenters. The number of rotatable bonds is 5. The highest BCUT2D eigenvalue weighted by molar-refractivity contribution is 9.10. The van der Waals surface area contributed by atoms with Crippen LogP contribution in [0.15, 0.2) is 58.4 Å². The van der Waals surface area contributed by atoms with Crippen molar-refractivity contribution in [2.45, 2.75) is 13.3 Å². The van der Waals surface area contributed by atoms with Crippen molar-refractivity contribution in [3.63, 3.8) is 0 Å². The average Bonchev–Trinajstić information content (AvgIpc) is 2.55. The summed E-state index contributed by atoms with van der Waals surface area (Å²) in [7, 11) is 0. The zero-order chi connectivity index (χ0) is 16.7. The minimum Gasteiger partial charge on any atom is -0.325 e. The average molecular weight is 375 g/mol. The van der Waals surface area contributed by atoms with E-state index in [1.54, 1.807) is 31.3 Å². The fourth-order valence-electron chi connectivity index (χ4n) is 1.74. The minimum absolute atomic E-state index is 0.0780. The molecule has 0 bridgehead atoms. The van der Waals surface area contributed by atoms with Crippen molar-refractivity contribution < 1.29 is 9.59 Å². The molecule has 6 nitrogen and oxygen atoms in total. The monoisotopic (exact) mass is 374 g/mol. The smallest absolute Gasteiger partial charge is 0.272 e. The van der Waals surface area contributed by atoms with Crippen LogP contribution in [0.4, 0.5) is 5.69 Å². The molecule has 0 aliphatic rings. The molecule has 0 atom stereocenters. The van der Waals surface area contributed by atoms with Gasteiger partial charge in [0.05, 0.1) is 17.7 Å². The molecule has 0 fully saturated rings. The summed E-state index contributed by atoms with van der Waals surface area (Å²) < 4.78 is 0.799. The Morgan fingerprint density at radius 3 is 2.70 bits per heavy atom. The molecule has 7 heteroatoms. The number of nitrogens with zero attached hydrogens (tertiary/aromatic N) is 2. The summed E-state index contributed by atoms with van der Waals surface area (Å²) in [4.78, 5) is 27.6. The predicted molar refractivity (Wildman–Crippen MR) is 92.2 cm³/mol. The molecule has 23 heavy (non-hydrogen) atoms. The van der Waals surface area contributed by atoms with Gasteiger partial charge in [0.15, 0.2) is 0 Å². The SMILES string of the molecule is C/C(CC(=O)Nc1ccccc1Br)=N\NC(=O)c1cccnc1. The lowest BCUT2D eigenvalue weighted by atomic mass is 10.2. The lowest BCUT2D eigenvalue weighted by Gasteiger charge is -2.07. The quantitative estimate of drug-likeness (QED) is 0.623. The Hall–Kier alpha value is -2.54. The fourth-order valence-corrected chi connectivity index (χ4v) is 2.12. The molecule has 1 aromatic heterocycles. The van der Waals surface area contributed by atoms with Crippen LogP contribution in [0.25, 0.3) is 0 Å². The maximum Gasteiger partial charge on any atom is 0.272 e. The van der Waals surface area contributed by atoms with Crippen LogP contribution in [0, 0.1) is 0 Å². The van der Waals surface area contributed by atoms with Gasteiger partial charge in [0.2, 0.25) is 5.91 Å². The topological polar surface area (TPSA) is 83.5 Å². The maximum absolute atomic E-state index is 12.0. The van der Waals surface area contributed by atoms with E-state index in [1.165, 1.54) is 6.20 Å². The van der Waals surface area contributed by atoms with Gasteiger partial charge in [-0.3, -0.25) is 14.6 Å². The lowest BCUT2D eigenvalue weighted by molar-refractivity contribution is -0.115. The summed E-state index contributed by atoms with van der Waals surface area (Å²) in [6, 6.07) is 10.6. The van der Waals surface area contributed by atoms with E-state index in [9.17, 15) is 9.59 Å². The van der Waals surface area contributed by atoms with Crippen LogP contribution in [-0.2, 0) is 4.79 Å². The van der Waals surface area contributed by atoms with Crippen molar-refractivity contribution in [3.8, 4) is 0 Å². The van der Waals surface area contributed by atoms with Crippen molar-refractivity contribution in [3.05, 3.63) is 58.8 Å². The van der Waals surface area contributed by atoms with E-state index < -0.39 is 0 Å². The maximum atomic E-state index is 12.0. The number of anilines is 1. The van der Waals surface area contributed by atoms with Gasteiger partial charge in [-0.15, -0.1) is 0 Å². The van der Waals surface area contributed by atoms with Gasteiger partial charge in [-0.25, -0.2) is 5.43 Å². The molecule has 0 spiro atoms. The van der Waals surface area contributed by atoms with Gasteiger partial charge in [-0.05, 0) is 47.1 Å². The molecule has 0 radical (unpaired) electrons. The number of pyridine rings is 1. The number of aromatic nitrogens is 1. The lowest BCUT2D eigenvalue weighted by Crippen LogP contribution is -2.21. The molecule has 0 aliphatic carbocycles. The highest BCUT2D eigenvalue weighted by Gasteiger charge is 2.08. The molecule has 0 saturated carbocycles. The molecule has 2 amide bonds. The normalized spacial score (nSPS) is 11.0. The molecule has 2 aromatic rings. The number of halogens is 1. The second kappa shape index (κ2) is 8.19. The number of hydrogen-bond acceptors (Lipinski definition) is 4. The van der Waals surface area contributed by atoms with E-state index in [2.05, 4.69) is 36.8 Å². The van der Waals surface area contributed by atoms with Crippen LogP contribution in [0.2, 0.25) is 0 Å². The van der Waals surface area contributed by atoms with Crippen LogP contribution in [-0.4, -0.2) is 22.5 Å². The number of hydrogen-bond donors (Lipinski definition) is 2. The van der Waals surface area contributed by atoms with Gasteiger partial charge in [0.25, 0.3) is 5.91 Å². The van der Waals surface area contributed by atoms with E-state index >= 15 is 0 Å². The first-order valence-electron chi connectivity index (χ1n) is 6.84. The number of para-hydroxylation sites is 1. The summed E-state index contributed by atoms with van der Waals surface area (Å²) in [6.07, 6.45) is 3.10. The molecule has 118 valence electrons. The molecular weight excluding hydrogens is 360 g/mol. The molecule has 2 N–H and O–H groups in total. The Bertz CT molecular complexity index is 732. The van der Waals surface area contributed by atoms with Crippen LogP contribution in [0.3, 0.4) is 0 Å². The first kappa shape index (κ1) is 16.8. The first-order chi connectivity index (χ1) is 11.1. The van der Waals surface area contributed by atoms with Gasteiger partial charge < -0.3 is 5.32 Å². The fraction of sp³-hybridized carbons (Fsp3) is 0.125. The molecule has 0 aliphatic heterocycles. The number of benzene rings is 1. The molecule has 1 aromatic carbocycles. The number of nitrogens with one attached hydrogen (secondary N) is 2. The standard InChI is InChI=1S/C16H15BrN4O2/c1-11(20-21-16(23)12-5-4-8-18-10-12)9-15(22)19-14-7-3-2-6-13(14)17/h2-8,10H,9H2,1H3,(H,19,22)(H,21,23)/b20-11+. The molecule has 2 rings (SSSR count). The Morgan fingerprint density at radius 1 is 1.22 bits per heavy atom. The molecule has 1 heterocycles. The van der Waals surface area contributed by atoms with Crippen LogP contribution in [0.1, 0.15) is 23.7 Å². The number of carbonyl (C=O) groups is 2. The Morgan fingerprint density at radius 2 is 2.00 bits per heavy atom. The van der Waals surface area contributed by atoms with Crippen LogP contribution in [0.5, 0.6) is 0 Å². The molecule has 0 saturated heterocycles. The Labute approximate surface area is 142 Å². The Kier molecular flexibility index (Phi) is 5.99. The van der Waals surface area contributed by atoms with E-state index in [0.29, 0.717) is 17.0 Å². The van der Waals surface area contributed by atoms with Crippen molar-refractivity contribution in [1.29, 1.82) is 0 Å².